The van der Waals surface area contributed by atoms with E-state index in [0.717, 1.165) is 33.0 Å². The lowest BCUT2D eigenvalue weighted by Crippen LogP contribution is -1.89. The second kappa shape index (κ2) is 6.32. The van der Waals surface area contributed by atoms with E-state index >= 15 is 0 Å². The van der Waals surface area contributed by atoms with E-state index in [1.165, 1.54) is 22.1 Å². The first-order valence-corrected chi connectivity index (χ1v) is 9.83. The summed E-state index contributed by atoms with van der Waals surface area (Å²) >= 11 is 0. The Hall–Kier alpha value is -3.91. The molecule has 1 N–H and O–H groups in total. The third-order valence-corrected chi connectivity index (χ3v) is 5.58. The molecule has 0 aliphatic heterocycles. The van der Waals surface area contributed by atoms with E-state index in [-0.39, 0.29) is 0 Å². The van der Waals surface area contributed by atoms with Crippen LogP contribution in [-0.2, 0) is 0 Å². The predicted molar refractivity (Wildman–Crippen MR) is 122 cm³/mol. The Balaban J connectivity index is 1.73. The first-order chi connectivity index (χ1) is 14.4. The van der Waals surface area contributed by atoms with Gasteiger partial charge in [0.15, 0.2) is 0 Å². The highest BCUT2D eigenvalue weighted by molar-refractivity contribution is 6.11. The fraction of sp³-hybridized carbons (Fsp3) is 0. The molecule has 0 unspecified atom stereocenters. The summed E-state index contributed by atoms with van der Waals surface area (Å²) in [4.78, 5) is 8.55. The van der Waals surface area contributed by atoms with E-state index < -0.39 is 0 Å². The van der Waals surface area contributed by atoms with Crippen LogP contribution in [0.15, 0.2) is 103 Å². The average molecular weight is 370 g/mol. The summed E-state index contributed by atoms with van der Waals surface area (Å²) in [7, 11) is 0. The maximum atomic E-state index is 5.07. The van der Waals surface area contributed by atoms with Crippen LogP contribution in [0.3, 0.4) is 0 Å². The topological polar surface area (TPSA) is 28.7 Å². The van der Waals surface area contributed by atoms with E-state index in [1.807, 2.05) is 0 Å². The summed E-state index contributed by atoms with van der Waals surface area (Å²) in [5, 5.41) is 3.53. The van der Waals surface area contributed by atoms with Crippen molar-refractivity contribution < 1.29 is 0 Å². The van der Waals surface area contributed by atoms with Crippen LogP contribution in [0.2, 0.25) is 0 Å². The number of rotatable bonds is 2. The largest absolute Gasteiger partial charge is 0.339 e. The first-order valence-electron chi connectivity index (χ1n) is 9.83. The zero-order chi connectivity index (χ0) is 19.2. The second-order valence-electron chi connectivity index (χ2n) is 7.38. The van der Waals surface area contributed by atoms with Gasteiger partial charge in [-0.3, -0.25) is 0 Å². The van der Waals surface area contributed by atoms with Crippen molar-refractivity contribution in [3.05, 3.63) is 103 Å². The molecule has 29 heavy (non-hydrogen) atoms. The number of benzene rings is 4. The maximum absolute atomic E-state index is 5.07. The average Bonchev–Trinajstić information content (AvgIpc) is 3.15. The van der Waals surface area contributed by atoms with E-state index in [9.17, 15) is 0 Å². The molecule has 6 rings (SSSR count). The third kappa shape index (κ3) is 2.61. The van der Waals surface area contributed by atoms with Crippen molar-refractivity contribution in [2.24, 2.45) is 0 Å². The first kappa shape index (κ1) is 16.1. The smallest absolute Gasteiger partial charge is 0.139 e. The normalized spacial score (nSPS) is 11.4. The number of para-hydroxylation sites is 1. The maximum Gasteiger partial charge on any atom is 0.139 e. The molecule has 2 heteroatoms. The molecule has 4 aromatic carbocycles. The van der Waals surface area contributed by atoms with Gasteiger partial charge in [-0.2, -0.15) is 0 Å². The van der Waals surface area contributed by atoms with Gasteiger partial charge in [0, 0.05) is 27.2 Å². The predicted octanol–water partition coefficient (Wildman–Crippen LogP) is 7.20. The van der Waals surface area contributed by atoms with Crippen LogP contribution in [0.1, 0.15) is 0 Å². The van der Waals surface area contributed by atoms with Crippen LogP contribution in [-0.4, -0.2) is 9.97 Å². The Labute approximate surface area is 168 Å². The van der Waals surface area contributed by atoms with Crippen LogP contribution in [0.4, 0.5) is 0 Å². The minimum absolute atomic E-state index is 0.934. The summed E-state index contributed by atoms with van der Waals surface area (Å²) in [5.41, 5.74) is 7.83. The molecule has 6 aromatic rings. The van der Waals surface area contributed by atoms with Gasteiger partial charge >= 0.3 is 0 Å². The number of aromatic amines is 1. The van der Waals surface area contributed by atoms with E-state index in [1.54, 1.807) is 0 Å². The molecule has 0 fully saturated rings. The lowest BCUT2D eigenvalue weighted by Gasteiger charge is -2.11. The molecule has 2 nitrogen and oxygen atoms in total. The van der Waals surface area contributed by atoms with E-state index in [4.69, 9.17) is 4.98 Å². The van der Waals surface area contributed by atoms with Gasteiger partial charge in [-0.1, -0.05) is 78.9 Å². The summed E-state index contributed by atoms with van der Waals surface area (Å²) in [6, 6.07) is 36.3. The molecule has 0 saturated carbocycles. The van der Waals surface area contributed by atoms with Gasteiger partial charge in [0.1, 0.15) is 5.65 Å². The highest BCUT2D eigenvalue weighted by Gasteiger charge is 2.13. The van der Waals surface area contributed by atoms with Crippen LogP contribution >= 0.6 is 0 Å². The van der Waals surface area contributed by atoms with Crippen molar-refractivity contribution in [3.8, 4) is 22.3 Å². The van der Waals surface area contributed by atoms with Crippen LogP contribution in [0, 0.1) is 0 Å². The van der Waals surface area contributed by atoms with Crippen LogP contribution in [0.5, 0.6) is 0 Å². The number of nitrogens with one attached hydrogen (secondary N) is 1. The summed E-state index contributed by atoms with van der Waals surface area (Å²) < 4.78 is 0. The molecule has 2 aromatic heterocycles. The van der Waals surface area contributed by atoms with Crippen molar-refractivity contribution in [2.45, 2.75) is 0 Å². The number of hydrogen-bond donors (Lipinski definition) is 1. The monoisotopic (exact) mass is 370 g/mol. The lowest BCUT2D eigenvalue weighted by molar-refractivity contribution is 1.40. The summed E-state index contributed by atoms with van der Waals surface area (Å²) in [6.07, 6.45) is 0. The molecule has 136 valence electrons. The third-order valence-electron chi connectivity index (χ3n) is 5.58. The van der Waals surface area contributed by atoms with Gasteiger partial charge in [0.05, 0.1) is 5.52 Å². The van der Waals surface area contributed by atoms with Gasteiger partial charge in [0.25, 0.3) is 0 Å². The fourth-order valence-corrected chi connectivity index (χ4v) is 4.18. The molecule has 0 atom stereocenters. The fourth-order valence-electron chi connectivity index (χ4n) is 4.18. The Bertz CT molecular complexity index is 1480. The molecule has 0 saturated heterocycles. The zero-order valence-corrected chi connectivity index (χ0v) is 15.8. The zero-order valence-electron chi connectivity index (χ0n) is 15.8. The van der Waals surface area contributed by atoms with Crippen molar-refractivity contribution in [3.63, 3.8) is 0 Å². The summed E-state index contributed by atoms with van der Waals surface area (Å²) in [5.74, 6) is 0. The highest BCUT2D eigenvalue weighted by atomic mass is 14.9. The van der Waals surface area contributed by atoms with Crippen LogP contribution in [0.25, 0.3) is 55.1 Å². The quantitative estimate of drug-likeness (QED) is 0.343. The highest BCUT2D eigenvalue weighted by Crippen LogP contribution is 2.36. The Morgan fingerprint density at radius 1 is 0.552 bits per heavy atom. The molecule has 0 amide bonds. The minimum Gasteiger partial charge on any atom is -0.339 e. The van der Waals surface area contributed by atoms with Crippen molar-refractivity contribution in [2.75, 3.05) is 0 Å². The van der Waals surface area contributed by atoms with E-state index in [0.29, 0.717) is 0 Å². The van der Waals surface area contributed by atoms with Gasteiger partial charge < -0.3 is 4.98 Å². The Morgan fingerprint density at radius 2 is 1.24 bits per heavy atom. The number of nitrogens with zero attached hydrogens (tertiary/aromatic N) is 1. The van der Waals surface area contributed by atoms with Crippen LogP contribution < -0.4 is 0 Å². The Morgan fingerprint density at radius 3 is 2.03 bits per heavy atom. The molecule has 0 bridgehead atoms. The van der Waals surface area contributed by atoms with Gasteiger partial charge in [-0.25, -0.2) is 4.98 Å². The summed E-state index contributed by atoms with van der Waals surface area (Å²) in [6.45, 7) is 0. The number of hydrogen-bond acceptors (Lipinski definition) is 1. The number of aromatic nitrogens is 2. The molecule has 0 spiro atoms. The molecule has 0 radical (unpaired) electrons. The minimum atomic E-state index is 0.934. The van der Waals surface area contributed by atoms with Gasteiger partial charge in [0.2, 0.25) is 0 Å². The molecule has 2 heterocycles. The second-order valence-corrected chi connectivity index (χ2v) is 7.38. The van der Waals surface area contributed by atoms with Crippen molar-refractivity contribution in [1.82, 2.24) is 9.97 Å². The number of pyridine rings is 1. The van der Waals surface area contributed by atoms with Gasteiger partial charge in [-0.15, -0.1) is 0 Å². The molecular weight excluding hydrogens is 352 g/mol. The van der Waals surface area contributed by atoms with E-state index in [2.05, 4.69) is 108 Å². The number of H-pyrrole nitrogens is 1. The molecular formula is C27H18N2. The lowest BCUT2D eigenvalue weighted by atomic mass is 9.95. The molecule has 0 aliphatic rings. The van der Waals surface area contributed by atoms with Crippen molar-refractivity contribution >= 4 is 32.8 Å². The molecule has 0 aliphatic carbocycles. The van der Waals surface area contributed by atoms with Gasteiger partial charge in [-0.05, 0) is 41.0 Å². The Kier molecular flexibility index (Phi) is 3.50. The standard InChI is InChI=1S/C27H18N2/c1-3-9-18(10-4-1)20-15-21-17-24-22-13-7-8-14-25(22)28-27(24)29-26(21)23(16-20)19-11-5-2-6-12-19/h1-17H,(H,28,29). The number of fused-ring (bicyclic) bond motifs is 4. The SMILES string of the molecule is c1ccc(-c2cc(-c3ccccc3)c3nc4[nH]c5ccccc5c4cc3c2)cc1. The van der Waals surface area contributed by atoms with Crippen molar-refractivity contribution in [1.29, 1.82) is 0 Å².